The minimum absolute atomic E-state index is 0.0280. The zero-order valence-corrected chi connectivity index (χ0v) is 19.3. The van der Waals surface area contributed by atoms with Gasteiger partial charge in [-0.2, -0.15) is 18.2 Å². The van der Waals surface area contributed by atoms with Crippen molar-refractivity contribution in [3.05, 3.63) is 47.1 Å². The molecule has 2 aliphatic rings. The molecule has 34 heavy (non-hydrogen) atoms. The van der Waals surface area contributed by atoms with Crippen molar-refractivity contribution in [3.63, 3.8) is 0 Å². The number of morpholine rings is 1. The zero-order chi connectivity index (χ0) is 24.5. The van der Waals surface area contributed by atoms with Gasteiger partial charge in [-0.25, -0.2) is 13.2 Å². The molecule has 1 aromatic carbocycles. The van der Waals surface area contributed by atoms with Crippen molar-refractivity contribution in [1.29, 1.82) is 0 Å². The van der Waals surface area contributed by atoms with E-state index < -0.39 is 27.5 Å². The molecule has 4 rings (SSSR count). The first-order valence-electron chi connectivity index (χ1n) is 10.8. The maximum atomic E-state index is 13.2. The van der Waals surface area contributed by atoms with E-state index in [-0.39, 0.29) is 36.0 Å². The Morgan fingerprint density at radius 3 is 2.35 bits per heavy atom. The van der Waals surface area contributed by atoms with Crippen molar-refractivity contribution in [3.8, 4) is 0 Å². The van der Waals surface area contributed by atoms with Crippen molar-refractivity contribution >= 4 is 15.9 Å². The normalized spacial score (nSPS) is 22.1. The summed E-state index contributed by atoms with van der Waals surface area (Å²) in [7, 11) is -3.36. The number of aromatic nitrogens is 2. The van der Waals surface area contributed by atoms with E-state index in [9.17, 15) is 26.4 Å². The van der Waals surface area contributed by atoms with Crippen molar-refractivity contribution in [2.75, 3.05) is 45.6 Å². The number of nitrogens with zero attached hydrogens (tertiary/aromatic N) is 4. The number of sulfone groups is 1. The summed E-state index contributed by atoms with van der Waals surface area (Å²) < 4.78 is 72.8. The van der Waals surface area contributed by atoms with Crippen LogP contribution in [0.2, 0.25) is 0 Å². The van der Waals surface area contributed by atoms with Crippen LogP contribution in [-0.4, -0.2) is 80.0 Å². The number of rotatable bonds is 4. The highest BCUT2D eigenvalue weighted by Gasteiger charge is 2.37. The molecule has 2 saturated heterocycles. The molecule has 13 heteroatoms. The Bertz CT molecular complexity index is 1110. The van der Waals surface area contributed by atoms with E-state index in [0.717, 1.165) is 18.4 Å². The quantitative estimate of drug-likeness (QED) is 0.633. The average molecular weight is 503 g/mol. The second-order valence-corrected chi connectivity index (χ2v) is 10.8. The number of carbonyl (C=O) groups excluding carboxylic acids is 1. The van der Waals surface area contributed by atoms with E-state index in [0.29, 0.717) is 44.8 Å². The molecule has 3 heterocycles. The van der Waals surface area contributed by atoms with Gasteiger partial charge in [-0.15, -0.1) is 0 Å². The number of carbonyl (C=O) groups is 1. The molecule has 186 valence electrons. The Kier molecular flexibility index (Phi) is 6.85. The summed E-state index contributed by atoms with van der Waals surface area (Å²) in [6.45, 7) is 2.36. The fraction of sp³-hybridized carbons (Fsp3) is 0.571. The number of hydrogen-bond donors (Lipinski definition) is 0. The Morgan fingerprint density at radius 1 is 1.09 bits per heavy atom. The van der Waals surface area contributed by atoms with Gasteiger partial charge in [0.15, 0.2) is 15.7 Å². The first kappa shape index (κ1) is 24.5. The van der Waals surface area contributed by atoms with Gasteiger partial charge in [0.05, 0.1) is 24.7 Å². The lowest BCUT2D eigenvalue weighted by atomic mass is 9.84. The Morgan fingerprint density at radius 2 is 1.74 bits per heavy atom. The molecule has 2 unspecified atom stereocenters. The fourth-order valence-electron chi connectivity index (χ4n) is 4.30. The molecule has 0 radical (unpaired) electrons. The summed E-state index contributed by atoms with van der Waals surface area (Å²) >= 11 is 0. The second kappa shape index (κ2) is 9.53. The summed E-state index contributed by atoms with van der Waals surface area (Å²) in [6.07, 6.45) is -2.92. The highest BCUT2D eigenvalue weighted by atomic mass is 32.2. The summed E-state index contributed by atoms with van der Waals surface area (Å²) in [4.78, 5) is 20.7. The molecule has 0 bridgehead atoms. The largest absolute Gasteiger partial charge is 0.416 e. The van der Waals surface area contributed by atoms with Crippen LogP contribution in [-0.2, 0) is 26.5 Å². The highest BCUT2D eigenvalue weighted by Crippen LogP contribution is 2.37. The SMILES string of the molecule is CS(=O)(=O)Cc1noc(C2CC(c3ccc(C(F)(F)F)cc3)CN(C(=O)N3CCOCC3)C2)n1. The van der Waals surface area contributed by atoms with E-state index in [1.807, 2.05) is 0 Å². The van der Waals surface area contributed by atoms with Crippen LogP contribution in [0.1, 0.15) is 41.1 Å². The predicted molar refractivity (Wildman–Crippen MR) is 114 cm³/mol. The number of hydrogen-bond acceptors (Lipinski definition) is 7. The van der Waals surface area contributed by atoms with Gasteiger partial charge in [-0.1, -0.05) is 17.3 Å². The van der Waals surface area contributed by atoms with Crippen LogP contribution in [0.5, 0.6) is 0 Å². The number of halogens is 3. The second-order valence-electron chi connectivity index (χ2n) is 8.66. The number of benzene rings is 1. The van der Waals surface area contributed by atoms with E-state index in [1.165, 1.54) is 12.1 Å². The van der Waals surface area contributed by atoms with Crippen molar-refractivity contribution in [2.45, 2.75) is 30.2 Å². The number of amides is 2. The Hall–Kier alpha value is -2.67. The van der Waals surface area contributed by atoms with Gasteiger partial charge in [-0.05, 0) is 24.1 Å². The maximum absolute atomic E-state index is 13.2. The van der Waals surface area contributed by atoms with Crippen LogP contribution in [0, 0.1) is 0 Å². The van der Waals surface area contributed by atoms with Crippen LogP contribution >= 0.6 is 0 Å². The molecule has 0 N–H and O–H groups in total. The standard InChI is InChI=1S/C21H25F3N4O5S/c1-34(30,31)13-18-25-19(33-26-18)16-10-15(14-2-4-17(5-3-14)21(22,23)24)11-28(12-16)20(29)27-6-8-32-9-7-27/h2-5,15-16H,6-13H2,1H3. The third-order valence-electron chi connectivity index (χ3n) is 5.94. The molecule has 2 atom stereocenters. The van der Waals surface area contributed by atoms with Gasteiger partial charge in [0, 0.05) is 38.4 Å². The van der Waals surface area contributed by atoms with Crippen molar-refractivity contribution in [2.24, 2.45) is 0 Å². The molecule has 2 fully saturated rings. The smallest absolute Gasteiger partial charge is 0.378 e. The van der Waals surface area contributed by atoms with E-state index >= 15 is 0 Å². The van der Waals surface area contributed by atoms with Gasteiger partial charge in [-0.3, -0.25) is 0 Å². The zero-order valence-electron chi connectivity index (χ0n) is 18.5. The number of likely N-dealkylation sites (tertiary alicyclic amines) is 1. The van der Waals surface area contributed by atoms with Crippen molar-refractivity contribution < 1.29 is 35.6 Å². The van der Waals surface area contributed by atoms with Gasteiger partial charge in [0.1, 0.15) is 5.75 Å². The van der Waals surface area contributed by atoms with E-state index in [4.69, 9.17) is 9.26 Å². The minimum atomic E-state index is -4.44. The number of piperidine rings is 1. The predicted octanol–water partition coefficient (Wildman–Crippen LogP) is 2.66. The maximum Gasteiger partial charge on any atom is 0.416 e. The topological polar surface area (TPSA) is 106 Å². The van der Waals surface area contributed by atoms with Gasteiger partial charge in [0.2, 0.25) is 5.89 Å². The van der Waals surface area contributed by atoms with Crippen LogP contribution in [0.15, 0.2) is 28.8 Å². The molecule has 1 aromatic heterocycles. The molecular weight excluding hydrogens is 477 g/mol. The molecule has 9 nitrogen and oxygen atoms in total. The first-order chi connectivity index (χ1) is 16.0. The third-order valence-corrected chi connectivity index (χ3v) is 6.72. The Labute approximate surface area is 194 Å². The number of urea groups is 1. The van der Waals surface area contributed by atoms with Gasteiger partial charge in [0.25, 0.3) is 0 Å². The van der Waals surface area contributed by atoms with Gasteiger partial charge < -0.3 is 19.1 Å². The average Bonchev–Trinajstić information content (AvgIpc) is 3.25. The summed E-state index contributed by atoms with van der Waals surface area (Å²) in [5, 5.41) is 3.75. The molecule has 2 aliphatic heterocycles. The van der Waals surface area contributed by atoms with Crippen LogP contribution in [0.25, 0.3) is 0 Å². The first-order valence-corrected chi connectivity index (χ1v) is 12.8. The van der Waals surface area contributed by atoms with Gasteiger partial charge >= 0.3 is 12.2 Å². The summed E-state index contributed by atoms with van der Waals surface area (Å²) in [6, 6.07) is 4.72. The van der Waals surface area contributed by atoms with Crippen LogP contribution in [0.4, 0.5) is 18.0 Å². The molecule has 2 amide bonds. The van der Waals surface area contributed by atoms with Crippen LogP contribution < -0.4 is 0 Å². The number of alkyl halides is 3. The lowest BCUT2D eigenvalue weighted by Crippen LogP contribution is -2.52. The monoisotopic (exact) mass is 502 g/mol. The summed E-state index contributed by atoms with van der Waals surface area (Å²) in [5.74, 6) is -0.805. The molecule has 0 saturated carbocycles. The molecular formula is C21H25F3N4O5S. The lowest BCUT2D eigenvalue weighted by Gasteiger charge is -2.40. The molecule has 2 aromatic rings. The number of ether oxygens (including phenoxy) is 1. The Balaban J connectivity index is 1.59. The lowest BCUT2D eigenvalue weighted by molar-refractivity contribution is -0.137. The van der Waals surface area contributed by atoms with E-state index in [1.54, 1.807) is 9.80 Å². The fourth-order valence-corrected chi connectivity index (χ4v) is 4.89. The minimum Gasteiger partial charge on any atom is -0.378 e. The molecule has 0 aliphatic carbocycles. The van der Waals surface area contributed by atoms with Crippen LogP contribution in [0.3, 0.4) is 0 Å². The third kappa shape index (κ3) is 5.87. The summed E-state index contributed by atoms with van der Waals surface area (Å²) in [5.41, 5.74) is -0.0828. The van der Waals surface area contributed by atoms with Crippen molar-refractivity contribution in [1.82, 2.24) is 19.9 Å². The molecule has 0 spiro atoms. The highest BCUT2D eigenvalue weighted by molar-refractivity contribution is 7.89. The van der Waals surface area contributed by atoms with E-state index in [2.05, 4.69) is 10.1 Å².